The second-order valence-corrected chi connectivity index (χ2v) is 9.79. The van der Waals surface area contributed by atoms with Gasteiger partial charge in [0.1, 0.15) is 5.65 Å². The Bertz CT molecular complexity index is 1710. The highest BCUT2D eigenvalue weighted by molar-refractivity contribution is 6.33. The van der Waals surface area contributed by atoms with Gasteiger partial charge in [-0.3, -0.25) is 9.36 Å². The zero-order valence-corrected chi connectivity index (χ0v) is 22.4. The number of aromatic nitrogens is 5. The maximum Gasteiger partial charge on any atom is 0.260 e. The fraction of sp³-hybridized carbons (Fsp3) is 0.250. The average Bonchev–Trinajstić information content (AvgIpc) is 3.49. The number of hydrogen-bond donors (Lipinski definition) is 2. The highest BCUT2D eigenvalue weighted by Gasteiger charge is 2.17. The van der Waals surface area contributed by atoms with E-state index in [-0.39, 0.29) is 5.56 Å². The van der Waals surface area contributed by atoms with Crippen molar-refractivity contribution in [1.29, 1.82) is 0 Å². The summed E-state index contributed by atoms with van der Waals surface area (Å²) in [4.78, 5) is 25.2. The van der Waals surface area contributed by atoms with Crippen molar-refractivity contribution in [2.75, 3.05) is 36.4 Å². The normalized spacial score (nSPS) is 13.7. The van der Waals surface area contributed by atoms with Crippen LogP contribution in [0, 0.1) is 6.92 Å². The highest BCUT2D eigenvalue weighted by atomic mass is 35.5. The number of aryl methyl sites for hydroxylation is 2. The molecule has 11 heteroatoms. The van der Waals surface area contributed by atoms with Crippen LogP contribution in [0.1, 0.15) is 12.5 Å². The molecule has 5 aromatic rings. The number of nitrogens with one attached hydrogen (secondary N) is 2. The molecule has 2 N–H and O–H groups in total. The van der Waals surface area contributed by atoms with Crippen LogP contribution >= 0.6 is 11.6 Å². The van der Waals surface area contributed by atoms with E-state index in [9.17, 15) is 4.79 Å². The van der Waals surface area contributed by atoms with E-state index in [1.54, 1.807) is 35.0 Å². The first-order valence-corrected chi connectivity index (χ1v) is 13.2. The summed E-state index contributed by atoms with van der Waals surface area (Å²) in [5, 5.41) is 15.5. The molecule has 1 aliphatic heterocycles. The van der Waals surface area contributed by atoms with Gasteiger partial charge in [0.15, 0.2) is 0 Å². The minimum Gasteiger partial charge on any atom is -0.423 e. The van der Waals surface area contributed by atoms with E-state index < -0.39 is 0 Å². The summed E-state index contributed by atoms with van der Waals surface area (Å²) >= 11 is 6.60. The fourth-order valence-corrected chi connectivity index (χ4v) is 5.28. The molecule has 39 heavy (non-hydrogen) atoms. The number of piperazine rings is 1. The van der Waals surface area contributed by atoms with E-state index in [2.05, 4.69) is 49.8 Å². The van der Waals surface area contributed by atoms with Crippen LogP contribution in [-0.4, -0.2) is 50.9 Å². The molecule has 6 rings (SSSR count). The lowest BCUT2D eigenvalue weighted by atomic mass is 10.0. The highest BCUT2D eigenvalue weighted by Crippen LogP contribution is 2.32. The van der Waals surface area contributed by atoms with Gasteiger partial charge in [-0.15, -0.1) is 10.2 Å². The van der Waals surface area contributed by atoms with Crippen molar-refractivity contribution in [3.05, 3.63) is 76.0 Å². The molecule has 0 unspecified atom stereocenters. The van der Waals surface area contributed by atoms with Gasteiger partial charge in [0.25, 0.3) is 5.56 Å². The minimum absolute atomic E-state index is 0.182. The molecule has 0 spiro atoms. The van der Waals surface area contributed by atoms with Crippen molar-refractivity contribution in [3.63, 3.8) is 0 Å². The van der Waals surface area contributed by atoms with Crippen molar-refractivity contribution in [2.24, 2.45) is 0 Å². The molecule has 0 amide bonds. The van der Waals surface area contributed by atoms with E-state index in [1.807, 2.05) is 13.0 Å². The second-order valence-electron chi connectivity index (χ2n) is 9.38. The SMILES string of the molecule is CCn1c(=O)c(-c2ccc(-c3nnco3)cc2Cl)cc2cnc(Nc3ccc(N4CCNCC4)c(C)c3)nc21. The summed E-state index contributed by atoms with van der Waals surface area (Å²) in [6.07, 6.45) is 2.98. The zero-order valence-electron chi connectivity index (χ0n) is 21.6. The second kappa shape index (κ2) is 10.5. The number of nitrogens with zero attached hydrogens (tertiary/aromatic N) is 6. The number of pyridine rings is 1. The van der Waals surface area contributed by atoms with E-state index in [0.29, 0.717) is 45.7 Å². The number of rotatable bonds is 6. The molecular formula is C28H27ClN8O2. The van der Waals surface area contributed by atoms with Crippen molar-refractivity contribution in [2.45, 2.75) is 20.4 Å². The third-order valence-corrected chi connectivity index (χ3v) is 7.23. The van der Waals surface area contributed by atoms with Gasteiger partial charge in [-0.2, -0.15) is 4.98 Å². The quantitative estimate of drug-likeness (QED) is 0.316. The number of fused-ring (bicyclic) bond motifs is 1. The molecule has 198 valence electrons. The van der Waals surface area contributed by atoms with Gasteiger partial charge in [0.2, 0.25) is 18.2 Å². The number of halogens is 1. The van der Waals surface area contributed by atoms with Crippen molar-refractivity contribution in [1.82, 2.24) is 30.0 Å². The third kappa shape index (κ3) is 4.84. The van der Waals surface area contributed by atoms with Crippen LogP contribution in [0.25, 0.3) is 33.6 Å². The molecule has 0 radical (unpaired) electrons. The van der Waals surface area contributed by atoms with Crippen molar-refractivity contribution >= 4 is 40.0 Å². The van der Waals surface area contributed by atoms with Gasteiger partial charge in [-0.05, 0) is 55.8 Å². The van der Waals surface area contributed by atoms with Gasteiger partial charge in [-0.1, -0.05) is 17.7 Å². The van der Waals surface area contributed by atoms with E-state index >= 15 is 0 Å². The van der Waals surface area contributed by atoms with E-state index in [1.165, 1.54) is 17.6 Å². The molecule has 4 heterocycles. The van der Waals surface area contributed by atoms with Crippen molar-refractivity contribution < 1.29 is 4.42 Å². The summed E-state index contributed by atoms with van der Waals surface area (Å²) in [6.45, 7) is 8.43. The van der Waals surface area contributed by atoms with Gasteiger partial charge in [-0.25, -0.2) is 4.98 Å². The van der Waals surface area contributed by atoms with Gasteiger partial charge in [0.05, 0.1) is 0 Å². The molecule has 1 saturated heterocycles. The Kier molecular flexibility index (Phi) is 6.72. The maximum atomic E-state index is 13.6. The van der Waals surface area contributed by atoms with Gasteiger partial charge in [0, 0.05) is 77.4 Å². The van der Waals surface area contributed by atoms with Crippen LogP contribution in [-0.2, 0) is 6.54 Å². The Morgan fingerprint density at radius 2 is 1.95 bits per heavy atom. The van der Waals surface area contributed by atoms with Crippen molar-refractivity contribution in [3.8, 4) is 22.6 Å². The first kappa shape index (κ1) is 25.0. The average molecular weight is 543 g/mol. The largest absolute Gasteiger partial charge is 0.423 e. The predicted octanol–water partition coefficient (Wildman–Crippen LogP) is 4.64. The molecule has 1 aliphatic rings. The summed E-state index contributed by atoms with van der Waals surface area (Å²) < 4.78 is 6.90. The molecule has 0 atom stereocenters. The molecule has 10 nitrogen and oxygen atoms in total. The molecule has 3 aromatic heterocycles. The van der Waals surface area contributed by atoms with Gasteiger partial charge >= 0.3 is 0 Å². The van der Waals surface area contributed by atoms with Crippen LogP contribution in [0.15, 0.2) is 64.3 Å². The fourth-order valence-electron chi connectivity index (χ4n) is 4.99. The molecular weight excluding hydrogens is 516 g/mol. The van der Waals surface area contributed by atoms with E-state index in [0.717, 1.165) is 37.3 Å². The summed E-state index contributed by atoms with van der Waals surface area (Å²) in [5.41, 5.74) is 5.42. The van der Waals surface area contributed by atoms with Crippen LogP contribution in [0.2, 0.25) is 5.02 Å². The van der Waals surface area contributed by atoms with Crippen LogP contribution < -0.4 is 21.1 Å². The minimum atomic E-state index is -0.182. The lowest BCUT2D eigenvalue weighted by Gasteiger charge is -2.30. The zero-order chi connectivity index (χ0) is 26.9. The molecule has 1 fully saturated rings. The first-order valence-electron chi connectivity index (χ1n) is 12.8. The van der Waals surface area contributed by atoms with Crippen LogP contribution in [0.4, 0.5) is 17.3 Å². The Labute approximate surface area is 229 Å². The maximum absolute atomic E-state index is 13.6. The van der Waals surface area contributed by atoms with Crippen LogP contribution in [0.3, 0.4) is 0 Å². The standard InChI is InChI=1S/C28H27ClN8O2/c1-3-37-25-19(13-22(27(37)38)21-6-4-18(14-23(21)29)26-35-32-16-39-26)15-31-28(34-25)33-20-5-7-24(17(2)12-20)36-10-8-30-9-11-36/h4-7,12-16,30H,3,8-11H2,1-2H3,(H,31,33,34). The molecule has 0 saturated carbocycles. The first-order chi connectivity index (χ1) is 19.0. The molecule has 2 aromatic carbocycles. The van der Waals surface area contributed by atoms with E-state index in [4.69, 9.17) is 21.0 Å². The lowest BCUT2D eigenvalue weighted by molar-refractivity contribution is 0.568. The molecule has 0 bridgehead atoms. The Morgan fingerprint density at radius 3 is 2.67 bits per heavy atom. The summed E-state index contributed by atoms with van der Waals surface area (Å²) in [5.74, 6) is 0.781. The topological polar surface area (TPSA) is 114 Å². The predicted molar refractivity (Wildman–Crippen MR) is 153 cm³/mol. The summed E-state index contributed by atoms with van der Waals surface area (Å²) in [6, 6.07) is 13.3. The lowest BCUT2D eigenvalue weighted by Crippen LogP contribution is -2.43. The smallest absolute Gasteiger partial charge is 0.260 e. The Balaban J connectivity index is 1.32. The summed E-state index contributed by atoms with van der Waals surface area (Å²) in [7, 11) is 0. The van der Waals surface area contributed by atoms with Gasteiger partial charge < -0.3 is 20.0 Å². The number of anilines is 3. The third-order valence-electron chi connectivity index (χ3n) is 6.92. The number of benzene rings is 2. The Morgan fingerprint density at radius 1 is 1.10 bits per heavy atom. The monoisotopic (exact) mass is 542 g/mol. The molecule has 0 aliphatic carbocycles. The number of hydrogen-bond acceptors (Lipinski definition) is 9. The Hall–Kier alpha value is -4.28. The van der Waals surface area contributed by atoms with Crippen LogP contribution in [0.5, 0.6) is 0 Å².